The van der Waals surface area contributed by atoms with Crippen LogP contribution in [0.25, 0.3) is 0 Å². The summed E-state index contributed by atoms with van der Waals surface area (Å²) < 4.78 is 2.44. The lowest BCUT2D eigenvalue weighted by molar-refractivity contribution is 0.0971. The topological polar surface area (TPSA) is 22.0 Å². The Morgan fingerprint density at radius 3 is 2.73 bits per heavy atom. The number of carbonyl (C=O) groups excluding carboxylic acids is 1. The van der Waals surface area contributed by atoms with Crippen LogP contribution in [0.15, 0.2) is 6.07 Å². The molecule has 0 saturated heterocycles. The quantitative estimate of drug-likeness (QED) is 0.687. The Hall–Kier alpha value is -1.05. The number of hydrogen-bond donors (Lipinski definition) is 0. The summed E-state index contributed by atoms with van der Waals surface area (Å²) in [6.45, 7) is 2.14. The zero-order valence-electron chi connectivity index (χ0n) is 9.25. The predicted molar refractivity (Wildman–Crippen MR) is 59.3 cm³/mol. The predicted octanol–water partition coefficient (Wildman–Crippen LogP) is 3.04. The Balaban J connectivity index is 2.09. The van der Waals surface area contributed by atoms with Gasteiger partial charge in [-0.15, -0.1) is 0 Å². The molecule has 0 unspecified atom stereocenters. The van der Waals surface area contributed by atoms with E-state index in [9.17, 15) is 4.79 Å². The van der Waals surface area contributed by atoms with Crippen LogP contribution in [0.1, 0.15) is 59.9 Å². The van der Waals surface area contributed by atoms with Gasteiger partial charge in [0.05, 0.1) is 0 Å². The highest BCUT2D eigenvalue weighted by atomic mass is 16.1. The van der Waals surface area contributed by atoms with Crippen LogP contribution in [0.4, 0.5) is 0 Å². The smallest absolute Gasteiger partial charge is 0.164 e. The maximum absolute atomic E-state index is 11.8. The number of fused-ring (bicyclic) bond motifs is 1. The molecule has 2 aliphatic carbocycles. The third kappa shape index (κ3) is 1.27. The van der Waals surface area contributed by atoms with Crippen molar-refractivity contribution in [3.8, 4) is 0 Å². The summed E-state index contributed by atoms with van der Waals surface area (Å²) in [5.41, 5.74) is 3.64. The lowest BCUT2D eigenvalue weighted by Gasteiger charge is -2.31. The summed E-state index contributed by atoms with van der Waals surface area (Å²) in [6.07, 6.45) is 6.85. The lowest BCUT2D eigenvalue weighted by atomic mass is 9.91. The van der Waals surface area contributed by atoms with Crippen LogP contribution >= 0.6 is 0 Å². The second-order valence-corrected chi connectivity index (χ2v) is 4.88. The van der Waals surface area contributed by atoms with Gasteiger partial charge >= 0.3 is 0 Å². The normalized spacial score (nSPS) is 21.3. The van der Waals surface area contributed by atoms with Crippen LogP contribution < -0.4 is 0 Å². The number of ketones is 1. The van der Waals surface area contributed by atoms with Crippen molar-refractivity contribution in [2.75, 3.05) is 0 Å². The molecular formula is C13H17NO. The van der Waals surface area contributed by atoms with Gasteiger partial charge in [-0.25, -0.2) is 0 Å². The number of carbonyl (C=O) groups is 1. The van der Waals surface area contributed by atoms with Crippen LogP contribution in [0.5, 0.6) is 0 Å². The van der Waals surface area contributed by atoms with Gasteiger partial charge in [-0.1, -0.05) is 0 Å². The summed E-state index contributed by atoms with van der Waals surface area (Å²) in [5.74, 6) is 0.359. The van der Waals surface area contributed by atoms with Gasteiger partial charge in [0.1, 0.15) is 0 Å². The van der Waals surface area contributed by atoms with Crippen molar-refractivity contribution in [3.05, 3.63) is 23.0 Å². The molecule has 2 nitrogen and oxygen atoms in total. The Bertz CT molecular complexity index is 412. The van der Waals surface area contributed by atoms with Crippen molar-refractivity contribution in [2.24, 2.45) is 0 Å². The first kappa shape index (κ1) is 9.20. The number of Topliss-reactive ketones (excluding diaryl/α,β-unsaturated/α-hetero) is 1. The van der Waals surface area contributed by atoms with Gasteiger partial charge in [0.2, 0.25) is 0 Å². The highest BCUT2D eigenvalue weighted by Crippen LogP contribution is 2.37. The third-order valence-electron chi connectivity index (χ3n) is 3.89. The first-order valence-electron chi connectivity index (χ1n) is 6.01. The summed E-state index contributed by atoms with van der Waals surface area (Å²) in [7, 11) is 0. The molecule has 1 heterocycles. The van der Waals surface area contributed by atoms with Crippen LogP contribution in [-0.4, -0.2) is 10.4 Å². The third-order valence-corrected chi connectivity index (χ3v) is 3.89. The van der Waals surface area contributed by atoms with Crippen molar-refractivity contribution < 1.29 is 4.79 Å². The average molecular weight is 203 g/mol. The monoisotopic (exact) mass is 203 g/mol. The molecule has 0 radical (unpaired) electrons. The van der Waals surface area contributed by atoms with E-state index < -0.39 is 0 Å². The van der Waals surface area contributed by atoms with Crippen molar-refractivity contribution >= 4 is 5.78 Å². The number of hydrogen-bond acceptors (Lipinski definition) is 1. The van der Waals surface area contributed by atoms with E-state index >= 15 is 0 Å². The molecule has 0 atom stereocenters. The van der Waals surface area contributed by atoms with Gasteiger partial charge in [0.25, 0.3) is 0 Å². The van der Waals surface area contributed by atoms with Crippen LogP contribution in [-0.2, 0) is 6.42 Å². The van der Waals surface area contributed by atoms with E-state index in [0.29, 0.717) is 11.8 Å². The maximum Gasteiger partial charge on any atom is 0.164 e. The SMILES string of the molecule is Cc1cc2c(n1C1CCC1)CCCC2=O. The molecule has 1 saturated carbocycles. The minimum absolute atomic E-state index is 0.359. The van der Waals surface area contributed by atoms with Crippen molar-refractivity contribution in [1.82, 2.24) is 4.57 Å². The Labute approximate surface area is 90.3 Å². The molecule has 80 valence electrons. The van der Waals surface area contributed by atoms with E-state index in [0.717, 1.165) is 24.8 Å². The summed E-state index contributed by atoms with van der Waals surface area (Å²) in [5, 5.41) is 0. The van der Waals surface area contributed by atoms with E-state index in [1.165, 1.54) is 30.7 Å². The average Bonchev–Trinajstić information content (AvgIpc) is 2.44. The molecule has 3 rings (SSSR count). The van der Waals surface area contributed by atoms with E-state index in [1.807, 2.05) is 0 Å². The minimum atomic E-state index is 0.359. The highest BCUT2D eigenvalue weighted by molar-refractivity contribution is 5.98. The second kappa shape index (κ2) is 3.22. The van der Waals surface area contributed by atoms with Gasteiger partial charge < -0.3 is 4.57 Å². The largest absolute Gasteiger partial charge is 0.345 e. The molecule has 0 N–H and O–H groups in total. The van der Waals surface area contributed by atoms with Crippen LogP contribution in [0.3, 0.4) is 0 Å². The van der Waals surface area contributed by atoms with E-state index in [4.69, 9.17) is 0 Å². The molecule has 2 aliphatic rings. The molecule has 15 heavy (non-hydrogen) atoms. The molecule has 0 aliphatic heterocycles. The molecule has 1 aromatic rings. The number of aromatic nitrogens is 1. The molecule has 0 amide bonds. The second-order valence-electron chi connectivity index (χ2n) is 4.88. The highest BCUT2D eigenvalue weighted by Gasteiger charge is 2.28. The van der Waals surface area contributed by atoms with Gasteiger partial charge in [-0.2, -0.15) is 0 Å². The van der Waals surface area contributed by atoms with Gasteiger partial charge in [0, 0.05) is 29.4 Å². The lowest BCUT2D eigenvalue weighted by Crippen LogP contribution is -2.22. The Kier molecular flexibility index (Phi) is 1.98. The van der Waals surface area contributed by atoms with Gasteiger partial charge in [-0.05, 0) is 45.1 Å². The van der Waals surface area contributed by atoms with Crippen molar-refractivity contribution in [1.29, 1.82) is 0 Å². The molecule has 2 heteroatoms. The van der Waals surface area contributed by atoms with Crippen LogP contribution in [0.2, 0.25) is 0 Å². The molecule has 0 bridgehead atoms. The zero-order valence-corrected chi connectivity index (χ0v) is 9.25. The fourth-order valence-electron chi connectivity index (χ4n) is 2.91. The first-order valence-corrected chi connectivity index (χ1v) is 6.01. The molecule has 0 aromatic carbocycles. The van der Waals surface area contributed by atoms with Gasteiger partial charge in [0.15, 0.2) is 5.78 Å². The first-order chi connectivity index (χ1) is 7.27. The maximum atomic E-state index is 11.8. The van der Waals surface area contributed by atoms with Crippen molar-refractivity contribution in [2.45, 2.75) is 51.5 Å². The minimum Gasteiger partial charge on any atom is -0.345 e. The van der Waals surface area contributed by atoms with Gasteiger partial charge in [-0.3, -0.25) is 4.79 Å². The molecule has 1 aromatic heterocycles. The number of aryl methyl sites for hydroxylation is 1. The van der Waals surface area contributed by atoms with E-state index in [-0.39, 0.29) is 0 Å². The number of rotatable bonds is 1. The van der Waals surface area contributed by atoms with E-state index in [2.05, 4.69) is 17.6 Å². The van der Waals surface area contributed by atoms with Crippen molar-refractivity contribution in [3.63, 3.8) is 0 Å². The fraction of sp³-hybridized carbons (Fsp3) is 0.615. The Morgan fingerprint density at radius 1 is 1.27 bits per heavy atom. The van der Waals surface area contributed by atoms with Crippen LogP contribution in [0, 0.1) is 6.92 Å². The fourth-order valence-corrected chi connectivity index (χ4v) is 2.91. The number of nitrogens with zero attached hydrogens (tertiary/aromatic N) is 1. The summed E-state index contributed by atoms with van der Waals surface area (Å²) in [6, 6.07) is 2.80. The zero-order chi connectivity index (χ0) is 10.4. The Morgan fingerprint density at radius 2 is 2.07 bits per heavy atom. The molecule has 0 spiro atoms. The summed E-state index contributed by atoms with van der Waals surface area (Å²) in [4.78, 5) is 11.8. The summed E-state index contributed by atoms with van der Waals surface area (Å²) >= 11 is 0. The molecule has 1 fully saturated rings. The molecular weight excluding hydrogens is 186 g/mol. The van der Waals surface area contributed by atoms with E-state index in [1.54, 1.807) is 0 Å². The standard InChI is InChI=1S/C13H17NO/c1-9-8-11-12(6-3-7-13(11)15)14(9)10-4-2-5-10/h8,10H,2-7H2,1H3.